The zero-order valence-electron chi connectivity index (χ0n) is 13.7. The molecule has 0 spiro atoms. The first-order chi connectivity index (χ1) is 10.6. The first-order valence-corrected chi connectivity index (χ1v) is 12.9. The van der Waals surface area contributed by atoms with Crippen LogP contribution in [0.4, 0.5) is 14.5 Å². The van der Waals surface area contributed by atoms with Crippen LogP contribution in [0.5, 0.6) is 0 Å². The van der Waals surface area contributed by atoms with Gasteiger partial charge < -0.3 is 10.6 Å². The van der Waals surface area contributed by atoms with E-state index in [0.29, 0.717) is 0 Å². The monoisotopic (exact) mass is 376 g/mol. The molecule has 1 amide bonds. The highest BCUT2D eigenvalue weighted by molar-refractivity contribution is 8.05. The van der Waals surface area contributed by atoms with Crippen molar-refractivity contribution in [3.05, 3.63) is 26.9 Å². The number of thiophene rings is 1. The summed E-state index contributed by atoms with van der Waals surface area (Å²) in [4.78, 5) is 14.2. The minimum absolute atomic E-state index is 0.0187. The molecule has 0 saturated carbocycles. The minimum Gasteiger partial charge on any atom is -0.365 e. The second kappa shape index (κ2) is 6.94. The summed E-state index contributed by atoms with van der Waals surface area (Å²) < 4.78 is 27.1. The Morgan fingerprint density at radius 2 is 2.09 bits per heavy atom. The van der Waals surface area contributed by atoms with Crippen molar-refractivity contribution in [1.82, 2.24) is 0 Å². The Morgan fingerprint density at radius 1 is 1.43 bits per heavy atom. The normalized spacial score (nSPS) is 19.1. The molecule has 1 aromatic heterocycles. The maximum Gasteiger partial charge on any atom is 0.279 e. The Labute approximate surface area is 144 Å². The number of rotatable bonds is 6. The molecule has 0 aliphatic carbocycles. The maximum atomic E-state index is 13.6. The van der Waals surface area contributed by atoms with Crippen LogP contribution in [0.3, 0.4) is 0 Å². The van der Waals surface area contributed by atoms with Gasteiger partial charge in [-0.1, -0.05) is 37.4 Å². The zero-order chi connectivity index (χ0) is 17.4. The number of allylic oxidation sites excluding steroid dienone is 1. The molecule has 2 heterocycles. The average Bonchev–Trinajstić information content (AvgIpc) is 2.98. The molecule has 0 aromatic carbocycles. The summed E-state index contributed by atoms with van der Waals surface area (Å²) in [5.74, 6) is -0.779. The molecule has 23 heavy (non-hydrogen) atoms. The highest BCUT2D eigenvalue weighted by Crippen LogP contribution is 2.45. The third-order valence-electron chi connectivity index (χ3n) is 3.66. The van der Waals surface area contributed by atoms with E-state index in [0.717, 1.165) is 34.8 Å². The van der Waals surface area contributed by atoms with Gasteiger partial charge in [-0.2, -0.15) is 0 Å². The Kier molecular flexibility index (Phi) is 5.58. The summed E-state index contributed by atoms with van der Waals surface area (Å²) in [5.41, 5.74) is 5.83. The minimum atomic E-state index is -2.72. The van der Waals surface area contributed by atoms with Crippen LogP contribution in [0, 0.1) is 0 Å². The van der Waals surface area contributed by atoms with Crippen molar-refractivity contribution in [3.8, 4) is 0 Å². The van der Waals surface area contributed by atoms with E-state index in [1.807, 2.05) is 18.4 Å². The Morgan fingerprint density at radius 3 is 2.61 bits per heavy atom. The molecule has 128 valence electrons. The highest BCUT2D eigenvalue weighted by atomic mass is 32.2. The molecule has 1 aromatic rings. The maximum absolute atomic E-state index is 13.6. The third-order valence-corrected chi connectivity index (χ3v) is 7.58. The van der Waals surface area contributed by atoms with Gasteiger partial charge in [0.15, 0.2) is 0 Å². The summed E-state index contributed by atoms with van der Waals surface area (Å²) in [6.07, 6.45) is -1.83. The molecule has 0 saturated heterocycles. The van der Waals surface area contributed by atoms with Crippen LogP contribution in [0.25, 0.3) is 0 Å². The second-order valence-electron chi connectivity index (χ2n) is 6.76. The fraction of sp³-hybridized carbons (Fsp3) is 0.533. The standard InChI is InChI=1S/C15H22F2N2OS2Si/c1-9-19(12(14(16)17)13(22-9)15(18)20)10-5-7-21-11(10)6-8-23(2,3)4/h5,7,9,14H,6,8H2,1-4H3,(H2,18,20). The average molecular weight is 377 g/mol. The summed E-state index contributed by atoms with van der Waals surface area (Å²) in [6, 6.07) is 2.97. The van der Waals surface area contributed by atoms with Gasteiger partial charge >= 0.3 is 0 Å². The first-order valence-electron chi connectivity index (χ1n) is 7.46. The predicted octanol–water partition coefficient (Wildman–Crippen LogP) is 4.49. The van der Waals surface area contributed by atoms with Crippen LogP contribution >= 0.6 is 23.1 Å². The fourth-order valence-corrected chi connectivity index (χ4v) is 5.67. The van der Waals surface area contributed by atoms with Gasteiger partial charge in [0.1, 0.15) is 5.70 Å². The Bertz CT molecular complexity index is 625. The molecule has 0 fully saturated rings. The number of nitrogens with zero attached hydrogens (tertiary/aromatic N) is 1. The van der Waals surface area contributed by atoms with Crippen molar-refractivity contribution < 1.29 is 13.6 Å². The van der Waals surface area contributed by atoms with Crippen molar-refractivity contribution in [2.24, 2.45) is 5.73 Å². The van der Waals surface area contributed by atoms with Crippen LogP contribution in [0.15, 0.2) is 22.0 Å². The van der Waals surface area contributed by atoms with Crippen LogP contribution in [0.2, 0.25) is 25.7 Å². The second-order valence-corrected chi connectivity index (χ2v) is 14.7. The molecule has 0 radical (unpaired) electrons. The topological polar surface area (TPSA) is 46.3 Å². The number of hydrogen-bond donors (Lipinski definition) is 1. The molecule has 1 unspecified atom stereocenters. The Hall–Kier alpha value is -0.863. The molecule has 3 nitrogen and oxygen atoms in total. The van der Waals surface area contributed by atoms with E-state index in [9.17, 15) is 13.6 Å². The van der Waals surface area contributed by atoms with E-state index in [1.54, 1.807) is 16.2 Å². The Balaban J connectivity index is 2.37. The van der Waals surface area contributed by atoms with Gasteiger partial charge in [-0.25, -0.2) is 8.78 Å². The molecule has 2 rings (SSSR count). The lowest BCUT2D eigenvalue weighted by Crippen LogP contribution is -2.30. The summed E-state index contributed by atoms with van der Waals surface area (Å²) >= 11 is 2.70. The SMILES string of the molecule is CC1SC(C(N)=O)=C(C(F)F)N1c1ccsc1CC[Si](C)(C)C. The summed E-state index contributed by atoms with van der Waals surface area (Å²) in [5, 5.41) is 1.67. The van der Waals surface area contributed by atoms with E-state index in [-0.39, 0.29) is 16.0 Å². The zero-order valence-corrected chi connectivity index (χ0v) is 16.4. The van der Waals surface area contributed by atoms with E-state index in [4.69, 9.17) is 5.73 Å². The number of primary amides is 1. The van der Waals surface area contributed by atoms with Gasteiger partial charge in [-0.3, -0.25) is 4.79 Å². The van der Waals surface area contributed by atoms with Gasteiger partial charge in [0, 0.05) is 13.0 Å². The van der Waals surface area contributed by atoms with Crippen LogP contribution in [-0.4, -0.2) is 25.8 Å². The van der Waals surface area contributed by atoms with E-state index in [1.165, 1.54) is 0 Å². The molecule has 0 bridgehead atoms. The number of alkyl halides is 2. The van der Waals surface area contributed by atoms with Crippen molar-refractivity contribution in [3.63, 3.8) is 0 Å². The molecule has 2 N–H and O–H groups in total. The lowest BCUT2D eigenvalue weighted by atomic mass is 10.2. The number of nitrogens with two attached hydrogens (primary N) is 1. The van der Waals surface area contributed by atoms with Crippen molar-refractivity contribution in [1.29, 1.82) is 0 Å². The van der Waals surface area contributed by atoms with E-state index < -0.39 is 20.4 Å². The van der Waals surface area contributed by atoms with E-state index >= 15 is 0 Å². The fourth-order valence-electron chi connectivity index (χ4n) is 2.53. The van der Waals surface area contributed by atoms with Crippen molar-refractivity contribution in [2.45, 2.75) is 50.8 Å². The lowest BCUT2D eigenvalue weighted by Gasteiger charge is -2.27. The number of thioether (sulfide) groups is 1. The number of aryl methyl sites for hydroxylation is 1. The molecule has 1 aliphatic rings. The summed E-state index contributed by atoms with van der Waals surface area (Å²) in [6.45, 7) is 8.71. The van der Waals surface area contributed by atoms with Crippen LogP contribution in [-0.2, 0) is 11.2 Å². The molecule has 1 atom stereocenters. The van der Waals surface area contributed by atoms with Crippen LogP contribution < -0.4 is 10.6 Å². The molecule has 1 aliphatic heterocycles. The number of halogens is 2. The molecule has 8 heteroatoms. The van der Waals surface area contributed by atoms with Gasteiger partial charge in [-0.15, -0.1) is 11.3 Å². The number of carbonyl (C=O) groups is 1. The van der Waals surface area contributed by atoms with E-state index in [2.05, 4.69) is 19.6 Å². The molecular formula is C15H22F2N2OS2Si. The molecular weight excluding hydrogens is 354 g/mol. The predicted molar refractivity (Wildman–Crippen MR) is 97.9 cm³/mol. The van der Waals surface area contributed by atoms with Crippen molar-refractivity contribution in [2.75, 3.05) is 4.90 Å². The van der Waals surface area contributed by atoms with Gasteiger partial charge in [0.05, 0.1) is 16.0 Å². The van der Waals surface area contributed by atoms with Gasteiger partial charge in [0.2, 0.25) is 0 Å². The highest BCUT2D eigenvalue weighted by Gasteiger charge is 2.39. The number of carbonyl (C=O) groups excluding carboxylic acids is 1. The smallest absolute Gasteiger partial charge is 0.279 e. The lowest BCUT2D eigenvalue weighted by molar-refractivity contribution is -0.114. The number of hydrogen-bond acceptors (Lipinski definition) is 4. The summed E-state index contributed by atoms with van der Waals surface area (Å²) in [7, 11) is -1.21. The number of amides is 1. The first kappa shape index (κ1) is 18.5. The van der Waals surface area contributed by atoms with Crippen molar-refractivity contribution >= 4 is 42.8 Å². The van der Waals surface area contributed by atoms with Crippen LogP contribution in [0.1, 0.15) is 11.8 Å². The largest absolute Gasteiger partial charge is 0.365 e. The van der Waals surface area contributed by atoms with Gasteiger partial charge in [0.25, 0.3) is 12.3 Å². The third kappa shape index (κ3) is 4.16. The number of anilines is 1. The van der Waals surface area contributed by atoms with Gasteiger partial charge in [-0.05, 0) is 24.8 Å². The quantitative estimate of drug-likeness (QED) is 0.744.